The molecule has 3 saturated carbocycles. The van der Waals surface area contributed by atoms with Gasteiger partial charge < -0.3 is 15.2 Å². The quantitative estimate of drug-likeness (QED) is 0.536. The Labute approximate surface area is 198 Å². The number of aliphatic hydroxyl groups excluding tert-OH is 1. The van der Waals surface area contributed by atoms with E-state index in [9.17, 15) is 15.0 Å². The molecule has 2 aromatic rings. The summed E-state index contributed by atoms with van der Waals surface area (Å²) in [6.45, 7) is 2.10. The Morgan fingerprint density at radius 3 is 2.74 bits per heavy atom. The number of pyridine rings is 1. The Hall–Kier alpha value is -2.05. The normalized spacial score (nSPS) is 44.0. The maximum absolute atomic E-state index is 16.8. The molecule has 0 radical (unpaired) electrons. The number of fused-ring (bicyclic) bond motifs is 5. The number of halogens is 2. The van der Waals surface area contributed by atoms with Crippen LogP contribution in [0, 0.1) is 17.3 Å². The zero-order chi connectivity index (χ0) is 23.9. The van der Waals surface area contributed by atoms with Crippen molar-refractivity contribution in [1.82, 2.24) is 4.98 Å². The molecule has 4 nitrogen and oxygen atoms in total. The van der Waals surface area contributed by atoms with Crippen LogP contribution in [0.3, 0.4) is 0 Å². The number of aliphatic hydroxyl groups is 2. The van der Waals surface area contributed by atoms with Crippen LogP contribution in [0.2, 0.25) is 0 Å². The molecule has 4 aliphatic carbocycles. The molecule has 4 aliphatic rings. The number of rotatable bonds is 1. The van der Waals surface area contributed by atoms with E-state index in [1.807, 2.05) is 24.3 Å². The Morgan fingerprint density at radius 2 is 1.91 bits per heavy atom. The number of nitrogens with one attached hydrogen (secondary N) is 1. The van der Waals surface area contributed by atoms with E-state index in [2.05, 4.69) is 18.0 Å². The zero-order valence-electron chi connectivity index (χ0n) is 19.6. The largest absolute Gasteiger partial charge is 0.393 e. The summed E-state index contributed by atoms with van der Waals surface area (Å²) in [5.41, 5.74) is -4.03. The number of aromatic amines is 1. The predicted molar refractivity (Wildman–Crippen MR) is 128 cm³/mol. The molecule has 34 heavy (non-hydrogen) atoms. The second-order valence-corrected chi connectivity index (χ2v) is 11.7. The van der Waals surface area contributed by atoms with Gasteiger partial charge in [-0.05, 0) is 84.9 Å². The van der Waals surface area contributed by atoms with Gasteiger partial charge in [0.25, 0.3) is 5.56 Å². The lowest BCUT2D eigenvalue weighted by Gasteiger charge is -2.56. The first-order valence-electron chi connectivity index (χ1n) is 12.7. The molecule has 1 heterocycles. The van der Waals surface area contributed by atoms with Crippen LogP contribution in [0.25, 0.3) is 16.3 Å². The summed E-state index contributed by atoms with van der Waals surface area (Å²) in [5.74, 6) is -0.669. The van der Waals surface area contributed by atoms with Gasteiger partial charge in [-0.3, -0.25) is 4.79 Å². The third-order valence-corrected chi connectivity index (χ3v) is 10.0. The van der Waals surface area contributed by atoms with Gasteiger partial charge in [0.15, 0.2) is 0 Å². The molecule has 0 aliphatic heterocycles. The van der Waals surface area contributed by atoms with Gasteiger partial charge >= 0.3 is 0 Å². The molecule has 0 spiro atoms. The molecule has 3 fully saturated rings. The molecule has 0 amide bonds. The molecule has 182 valence electrons. The van der Waals surface area contributed by atoms with Gasteiger partial charge in [-0.2, -0.15) is 0 Å². The number of aromatic nitrogens is 1. The van der Waals surface area contributed by atoms with Crippen LogP contribution < -0.4 is 5.56 Å². The first-order chi connectivity index (χ1) is 16.1. The van der Waals surface area contributed by atoms with E-state index >= 15 is 8.78 Å². The lowest BCUT2D eigenvalue weighted by Crippen LogP contribution is -2.63. The van der Waals surface area contributed by atoms with Crippen molar-refractivity contribution in [2.45, 2.75) is 87.8 Å². The van der Waals surface area contributed by atoms with Crippen LogP contribution in [0.1, 0.15) is 70.3 Å². The van der Waals surface area contributed by atoms with Crippen molar-refractivity contribution in [3.8, 4) is 0 Å². The minimum atomic E-state index is -2.01. The number of hydrogen-bond donors (Lipinski definition) is 3. The van der Waals surface area contributed by atoms with E-state index in [0.717, 1.165) is 16.5 Å². The van der Waals surface area contributed by atoms with E-state index in [0.29, 0.717) is 37.5 Å². The van der Waals surface area contributed by atoms with Crippen molar-refractivity contribution >= 4 is 16.3 Å². The van der Waals surface area contributed by atoms with E-state index in [-0.39, 0.29) is 43.1 Å². The van der Waals surface area contributed by atoms with Crippen molar-refractivity contribution in [3.63, 3.8) is 0 Å². The lowest BCUT2D eigenvalue weighted by molar-refractivity contribution is -0.201. The molecule has 3 N–H and O–H groups in total. The molecule has 0 saturated heterocycles. The minimum absolute atomic E-state index is 0.0313. The van der Waals surface area contributed by atoms with Gasteiger partial charge in [0, 0.05) is 30.3 Å². The number of H-pyrrole nitrogens is 1. The highest BCUT2D eigenvalue weighted by atomic mass is 19.2. The van der Waals surface area contributed by atoms with Crippen LogP contribution >= 0.6 is 0 Å². The summed E-state index contributed by atoms with van der Waals surface area (Å²) < 4.78 is 32.9. The van der Waals surface area contributed by atoms with Crippen molar-refractivity contribution in [1.29, 1.82) is 0 Å². The maximum atomic E-state index is 16.8. The first-order valence-corrected chi connectivity index (χ1v) is 12.7. The number of benzene rings is 1. The monoisotopic (exact) mass is 469 g/mol. The molecule has 1 aromatic heterocycles. The smallest absolute Gasteiger partial charge is 0.255 e. The summed E-state index contributed by atoms with van der Waals surface area (Å²) in [4.78, 5) is 15.1. The molecule has 0 bridgehead atoms. The molecular weight excluding hydrogens is 436 g/mol. The molecule has 6 unspecified atom stereocenters. The lowest BCUT2D eigenvalue weighted by atomic mass is 9.52. The SMILES string of the molecule is CC12CCC3(F)CC4(F)CC(O)CCC4CC[C@]3(O)C1CC=C2c1ccc2cc[nH]c(=O)c2c1. The van der Waals surface area contributed by atoms with Gasteiger partial charge in [-0.25, -0.2) is 8.78 Å². The summed E-state index contributed by atoms with van der Waals surface area (Å²) in [6, 6.07) is 7.70. The summed E-state index contributed by atoms with van der Waals surface area (Å²) in [7, 11) is 0. The fourth-order valence-corrected chi connectivity index (χ4v) is 8.16. The third-order valence-electron chi connectivity index (χ3n) is 10.0. The summed E-state index contributed by atoms with van der Waals surface area (Å²) in [5, 5.41) is 23.7. The van der Waals surface area contributed by atoms with E-state index in [1.54, 1.807) is 6.20 Å². The number of alkyl halides is 2. The molecular formula is C28H33F2NO3. The van der Waals surface area contributed by atoms with Crippen LogP contribution in [0.15, 0.2) is 41.3 Å². The Bertz CT molecular complexity index is 1240. The summed E-state index contributed by atoms with van der Waals surface area (Å²) in [6.07, 6.45) is 5.54. The summed E-state index contributed by atoms with van der Waals surface area (Å²) >= 11 is 0. The maximum Gasteiger partial charge on any atom is 0.255 e. The number of allylic oxidation sites excluding steroid dienone is 2. The van der Waals surface area contributed by atoms with Crippen molar-refractivity contribution in [3.05, 3.63) is 52.5 Å². The molecule has 6 rings (SSSR count). The Morgan fingerprint density at radius 1 is 1.09 bits per heavy atom. The zero-order valence-corrected chi connectivity index (χ0v) is 19.6. The topological polar surface area (TPSA) is 73.3 Å². The van der Waals surface area contributed by atoms with Crippen LogP contribution in [0.4, 0.5) is 8.78 Å². The van der Waals surface area contributed by atoms with Crippen LogP contribution in [0.5, 0.6) is 0 Å². The van der Waals surface area contributed by atoms with Crippen molar-refractivity contribution in [2.75, 3.05) is 0 Å². The van der Waals surface area contributed by atoms with E-state index in [1.165, 1.54) is 0 Å². The standard InChI is InChI=1S/C28H33F2NO3/c1-25-11-12-27(30)16-26(29)15-20(32)5-4-19(26)8-10-28(27,34)23(25)7-6-22(25)18-3-2-17-9-13-31-24(33)21(17)14-18/h2-3,6,9,13-14,19-20,23,32,34H,4-5,7-8,10-12,15-16H2,1H3,(H,31,33)/t19?,20?,23?,25?,26?,27?,28-/m0/s1. The van der Waals surface area contributed by atoms with E-state index < -0.39 is 28.5 Å². The van der Waals surface area contributed by atoms with Gasteiger partial charge in [0.05, 0.1) is 6.10 Å². The Balaban J connectivity index is 1.38. The fraction of sp³-hybridized carbons (Fsp3) is 0.607. The number of hydrogen-bond acceptors (Lipinski definition) is 3. The van der Waals surface area contributed by atoms with Gasteiger partial charge in [-0.1, -0.05) is 25.1 Å². The minimum Gasteiger partial charge on any atom is -0.393 e. The average molecular weight is 470 g/mol. The van der Waals surface area contributed by atoms with Crippen LogP contribution in [-0.2, 0) is 0 Å². The van der Waals surface area contributed by atoms with Crippen molar-refractivity contribution in [2.24, 2.45) is 17.3 Å². The van der Waals surface area contributed by atoms with Crippen molar-refractivity contribution < 1.29 is 19.0 Å². The fourth-order valence-electron chi connectivity index (χ4n) is 8.16. The molecule has 1 aromatic carbocycles. The molecule has 6 heteroatoms. The van der Waals surface area contributed by atoms with E-state index in [4.69, 9.17) is 0 Å². The highest BCUT2D eigenvalue weighted by Gasteiger charge is 2.69. The first kappa shape index (κ1) is 22.4. The Kier molecular flexibility index (Phi) is 4.77. The van der Waals surface area contributed by atoms with Crippen LogP contribution in [-0.4, -0.2) is 38.2 Å². The van der Waals surface area contributed by atoms with Gasteiger partial charge in [0.1, 0.15) is 16.9 Å². The van der Waals surface area contributed by atoms with Gasteiger partial charge in [-0.15, -0.1) is 0 Å². The second kappa shape index (κ2) is 7.23. The highest BCUT2D eigenvalue weighted by Crippen LogP contribution is 2.67. The molecule has 7 atom stereocenters. The third kappa shape index (κ3) is 2.97. The predicted octanol–water partition coefficient (Wildman–Crippen LogP) is 5.22. The van der Waals surface area contributed by atoms with Gasteiger partial charge in [0.2, 0.25) is 0 Å². The average Bonchev–Trinajstić information content (AvgIpc) is 3.10. The highest BCUT2D eigenvalue weighted by molar-refractivity contribution is 5.86. The second-order valence-electron chi connectivity index (χ2n) is 11.7.